The first-order valence-electron chi connectivity index (χ1n) is 4.52. The highest BCUT2D eigenvalue weighted by Crippen LogP contribution is 2.11. The number of benzene rings is 1. The molecule has 0 unspecified atom stereocenters. The van der Waals surface area contributed by atoms with Crippen LogP contribution >= 0.6 is 0 Å². The van der Waals surface area contributed by atoms with E-state index in [0.717, 1.165) is 0 Å². The van der Waals surface area contributed by atoms with Crippen LogP contribution in [0, 0.1) is 0 Å². The fourth-order valence-corrected chi connectivity index (χ4v) is 1.09. The van der Waals surface area contributed by atoms with Gasteiger partial charge in [0.1, 0.15) is 5.75 Å². The second kappa shape index (κ2) is 6.00. The number of rotatable bonds is 5. The van der Waals surface area contributed by atoms with Crippen LogP contribution < -0.4 is 16.0 Å². The Morgan fingerprint density at radius 1 is 1.53 bits per heavy atom. The van der Waals surface area contributed by atoms with E-state index in [0.29, 0.717) is 17.9 Å². The fraction of sp³-hybridized carbons (Fsp3) is 0.300. The van der Waals surface area contributed by atoms with Gasteiger partial charge in [0.2, 0.25) is 0 Å². The topological polar surface area (TPSA) is 73.6 Å². The number of hydrogen-bond donors (Lipinski definition) is 2. The third-order valence-corrected chi connectivity index (χ3v) is 1.84. The van der Waals surface area contributed by atoms with Gasteiger partial charge in [0.05, 0.1) is 13.7 Å². The zero-order valence-electron chi connectivity index (χ0n) is 8.53. The molecule has 0 atom stereocenters. The first kappa shape index (κ1) is 11.5. The number of hydrogen-bond acceptors (Lipinski definition) is 4. The highest BCUT2D eigenvalue weighted by Gasteiger charge is 2.05. The number of ether oxygens (including phenoxy) is 1. The first-order valence-corrected chi connectivity index (χ1v) is 4.52. The van der Waals surface area contributed by atoms with Gasteiger partial charge in [0.25, 0.3) is 5.91 Å². The summed E-state index contributed by atoms with van der Waals surface area (Å²) < 4.78 is 5.01. The van der Waals surface area contributed by atoms with Gasteiger partial charge in [-0.1, -0.05) is 6.07 Å². The normalized spacial score (nSPS) is 9.73. The molecule has 0 aliphatic heterocycles. The molecule has 0 saturated carbocycles. The third kappa shape index (κ3) is 3.57. The van der Waals surface area contributed by atoms with Crippen molar-refractivity contribution in [1.82, 2.24) is 5.32 Å². The smallest absolute Gasteiger partial charge is 0.251 e. The minimum Gasteiger partial charge on any atom is -0.497 e. The van der Waals surface area contributed by atoms with Crippen LogP contribution in [0.4, 0.5) is 0 Å². The van der Waals surface area contributed by atoms with Gasteiger partial charge in [-0.25, -0.2) is 5.90 Å². The SMILES string of the molecule is COc1cccc(C(=O)NCCON)c1. The lowest BCUT2D eigenvalue weighted by atomic mass is 10.2. The van der Waals surface area contributed by atoms with Gasteiger partial charge in [-0.3, -0.25) is 4.79 Å². The summed E-state index contributed by atoms with van der Waals surface area (Å²) in [5.74, 6) is 5.30. The predicted octanol–water partition coefficient (Wildman–Crippen LogP) is 0.315. The molecule has 0 aliphatic carbocycles. The molecule has 1 amide bonds. The maximum atomic E-state index is 11.5. The van der Waals surface area contributed by atoms with Crippen molar-refractivity contribution >= 4 is 5.91 Å². The van der Waals surface area contributed by atoms with Crippen molar-refractivity contribution in [2.75, 3.05) is 20.3 Å². The van der Waals surface area contributed by atoms with Crippen molar-refractivity contribution in [3.8, 4) is 5.75 Å². The molecule has 0 bridgehead atoms. The summed E-state index contributed by atoms with van der Waals surface area (Å²) in [6, 6.07) is 6.91. The second-order valence-electron chi connectivity index (χ2n) is 2.86. The van der Waals surface area contributed by atoms with Crippen LogP contribution in [0.3, 0.4) is 0 Å². The molecule has 15 heavy (non-hydrogen) atoms. The molecule has 0 fully saturated rings. The van der Waals surface area contributed by atoms with E-state index in [2.05, 4.69) is 10.2 Å². The Hall–Kier alpha value is -1.59. The molecule has 0 radical (unpaired) electrons. The summed E-state index contributed by atoms with van der Waals surface area (Å²) in [7, 11) is 1.55. The molecule has 0 aliphatic rings. The highest BCUT2D eigenvalue weighted by atomic mass is 16.6. The largest absolute Gasteiger partial charge is 0.497 e. The van der Waals surface area contributed by atoms with Gasteiger partial charge < -0.3 is 14.9 Å². The molecule has 1 aromatic rings. The van der Waals surface area contributed by atoms with E-state index in [9.17, 15) is 4.79 Å². The van der Waals surface area contributed by atoms with Crippen LogP contribution in [-0.2, 0) is 4.84 Å². The minimum absolute atomic E-state index is 0.175. The molecule has 82 valence electrons. The van der Waals surface area contributed by atoms with Gasteiger partial charge in [0, 0.05) is 12.1 Å². The summed E-state index contributed by atoms with van der Waals surface area (Å²) in [5.41, 5.74) is 0.548. The number of amides is 1. The average Bonchev–Trinajstić information content (AvgIpc) is 2.29. The highest BCUT2D eigenvalue weighted by molar-refractivity contribution is 5.94. The van der Waals surface area contributed by atoms with Crippen molar-refractivity contribution < 1.29 is 14.4 Å². The first-order chi connectivity index (χ1) is 7.27. The number of methoxy groups -OCH3 is 1. The number of nitrogens with two attached hydrogens (primary N) is 1. The molecule has 3 N–H and O–H groups in total. The molecule has 5 heteroatoms. The Kier molecular flexibility index (Phi) is 4.59. The van der Waals surface area contributed by atoms with Crippen LogP contribution in [0.5, 0.6) is 5.75 Å². The minimum atomic E-state index is -0.175. The van der Waals surface area contributed by atoms with E-state index >= 15 is 0 Å². The Morgan fingerprint density at radius 2 is 2.33 bits per heavy atom. The molecule has 0 aromatic heterocycles. The molecule has 0 heterocycles. The monoisotopic (exact) mass is 210 g/mol. The van der Waals surface area contributed by atoms with Crippen LogP contribution in [0.15, 0.2) is 24.3 Å². The van der Waals surface area contributed by atoms with Gasteiger partial charge in [0.15, 0.2) is 0 Å². The zero-order chi connectivity index (χ0) is 11.1. The lowest BCUT2D eigenvalue weighted by Gasteiger charge is -2.05. The Morgan fingerprint density at radius 3 is 3.00 bits per heavy atom. The lowest BCUT2D eigenvalue weighted by molar-refractivity contribution is 0.0916. The van der Waals surface area contributed by atoms with E-state index in [-0.39, 0.29) is 12.5 Å². The summed E-state index contributed by atoms with van der Waals surface area (Å²) in [5, 5.41) is 2.65. The van der Waals surface area contributed by atoms with Crippen molar-refractivity contribution in [2.24, 2.45) is 5.90 Å². The maximum absolute atomic E-state index is 11.5. The van der Waals surface area contributed by atoms with Crippen LogP contribution in [0.1, 0.15) is 10.4 Å². The van der Waals surface area contributed by atoms with Gasteiger partial charge >= 0.3 is 0 Å². The van der Waals surface area contributed by atoms with E-state index in [4.69, 9.17) is 10.6 Å². The summed E-state index contributed by atoms with van der Waals surface area (Å²) in [4.78, 5) is 15.9. The van der Waals surface area contributed by atoms with Gasteiger partial charge in [-0.2, -0.15) is 0 Å². The summed E-state index contributed by atoms with van der Waals surface area (Å²) in [6.07, 6.45) is 0. The Balaban J connectivity index is 2.57. The molecule has 0 spiro atoms. The van der Waals surface area contributed by atoms with Crippen molar-refractivity contribution in [1.29, 1.82) is 0 Å². The standard InChI is InChI=1S/C10H14N2O3/c1-14-9-4-2-3-8(7-9)10(13)12-5-6-15-11/h2-4,7H,5-6,11H2,1H3,(H,12,13). The second-order valence-corrected chi connectivity index (χ2v) is 2.86. The maximum Gasteiger partial charge on any atom is 0.251 e. The fourth-order valence-electron chi connectivity index (χ4n) is 1.09. The van der Waals surface area contributed by atoms with Crippen LogP contribution in [0.2, 0.25) is 0 Å². The Bertz CT molecular complexity index is 328. The van der Waals surface area contributed by atoms with Crippen molar-refractivity contribution in [3.63, 3.8) is 0 Å². The summed E-state index contributed by atoms with van der Waals surface area (Å²) in [6.45, 7) is 0.669. The van der Waals surface area contributed by atoms with E-state index in [1.807, 2.05) is 0 Å². The lowest BCUT2D eigenvalue weighted by Crippen LogP contribution is -2.27. The van der Waals surface area contributed by atoms with Crippen LogP contribution in [0.25, 0.3) is 0 Å². The molecule has 1 rings (SSSR count). The number of carbonyl (C=O) groups excluding carboxylic acids is 1. The van der Waals surface area contributed by atoms with E-state index in [1.54, 1.807) is 31.4 Å². The van der Waals surface area contributed by atoms with E-state index in [1.165, 1.54) is 0 Å². The summed E-state index contributed by atoms with van der Waals surface area (Å²) >= 11 is 0. The molecule has 5 nitrogen and oxygen atoms in total. The van der Waals surface area contributed by atoms with Crippen LogP contribution in [-0.4, -0.2) is 26.2 Å². The molecule has 0 saturated heterocycles. The quantitative estimate of drug-likeness (QED) is 0.542. The van der Waals surface area contributed by atoms with Gasteiger partial charge in [-0.15, -0.1) is 0 Å². The molecular weight excluding hydrogens is 196 g/mol. The Labute approximate surface area is 88.1 Å². The number of carbonyl (C=O) groups is 1. The van der Waals surface area contributed by atoms with Crippen molar-refractivity contribution in [2.45, 2.75) is 0 Å². The number of nitrogens with one attached hydrogen (secondary N) is 1. The zero-order valence-corrected chi connectivity index (χ0v) is 8.53. The van der Waals surface area contributed by atoms with Gasteiger partial charge in [-0.05, 0) is 18.2 Å². The average molecular weight is 210 g/mol. The molecule has 1 aromatic carbocycles. The van der Waals surface area contributed by atoms with Crippen molar-refractivity contribution in [3.05, 3.63) is 29.8 Å². The van der Waals surface area contributed by atoms with E-state index < -0.39 is 0 Å². The predicted molar refractivity (Wildman–Crippen MR) is 55.5 cm³/mol. The molecular formula is C10H14N2O3. The third-order valence-electron chi connectivity index (χ3n) is 1.84.